The number of aromatic nitrogens is 3. The van der Waals surface area contributed by atoms with Crippen molar-refractivity contribution >= 4 is 45.4 Å². The zero-order chi connectivity index (χ0) is 27.2. The Morgan fingerprint density at radius 3 is 2.58 bits per heavy atom. The maximum absolute atomic E-state index is 9.70. The SMILES string of the molecule is CC(C)NS(=O)[O-].COc1cc2c(cc1Nc1nc(Nc3ccccc3C)c3cc[nH]c3n1)CN(C)CC2. The topological polar surface area (TPSA) is 130 Å². The lowest BCUT2D eigenvalue weighted by molar-refractivity contribution is 0.312. The highest BCUT2D eigenvalue weighted by Crippen LogP contribution is 2.34. The standard InChI is InChI=1S/C24H26N6O.C3H9NO2S/c1-15-6-4-5-7-19(15)26-23-18-8-10-25-22(18)28-24(29-23)27-20-12-17-14-30(2)11-9-16(17)13-21(20)31-3;1-3(2)4-7(5)6/h4-8,10,12-13H,9,11,14H2,1-3H3,(H3,25,26,27,28,29);3-4H,1-2H3,(H,5,6)/p-1. The van der Waals surface area contributed by atoms with Crippen molar-refractivity contribution in [1.82, 2.24) is 24.6 Å². The van der Waals surface area contributed by atoms with Crippen molar-refractivity contribution < 1.29 is 13.5 Å². The Hall–Kier alpha value is -3.51. The highest BCUT2D eigenvalue weighted by molar-refractivity contribution is 7.77. The normalized spacial score (nSPS) is 14.0. The summed E-state index contributed by atoms with van der Waals surface area (Å²) in [5.74, 6) is 2.06. The van der Waals surface area contributed by atoms with E-state index in [1.165, 1.54) is 11.1 Å². The first-order valence-corrected chi connectivity index (χ1v) is 13.5. The van der Waals surface area contributed by atoms with Gasteiger partial charge in [-0.25, -0.2) is 4.72 Å². The molecule has 202 valence electrons. The van der Waals surface area contributed by atoms with Crippen LogP contribution in [0.15, 0.2) is 48.7 Å². The van der Waals surface area contributed by atoms with Crippen molar-refractivity contribution in [3.8, 4) is 5.75 Å². The van der Waals surface area contributed by atoms with Crippen LogP contribution in [0.4, 0.5) is 23.1 Å². The minimum atomic E-state index is -2.10. The molecule has 1 aliphatic rings. The fourth-order valence-corrected chi connectivity index (χ4v) is 4.63. The number of hydrogen-bond donors (Lipinski definition) is 4. The van der Waals surface area contributed by atoms with Gasteiger partial charge in [0.2, 0.25) is 5.95 Å². The molecule has 5 rings (SSSR count). The molecular formula is C27H34N7O3S-. The number of H-pyrrole nitrogens is 1. The Labute approximate surface area is 225 Å². The second-order valence-electron chi connectivity index (χ2n) is 9.52. The lowest BCUT2D eigenvalue weighted by atomic mass is 9.99. The Kier molecular flexibility index (Phi) is 8.95. The van der Waals surface area contributed by atoms with Gasteiger partial charge in [0, 0.05) is 42.3 Å². The average Bonchev–Trinajstić information content (AvgIpc) is 3.33. The summed E-state index contributed by atoms with van der Waals surface area (Å²) in [5, 5.41) is 7.79. The minimum absolute atomic E-state index is 0.0123. The average molecular weight is 537 g/mol. The maximum atomic E-state index is 9.70. The van der Waals surface area contributed by atoms with Gasteiger partial charge in [-0.05, 0) is 75.2 Å². The molecule has 1 unspecified atom stereocenters. The van der Waals surface area contributed by atoms with Crippen molar-refractivity contribution in [1.29, 1.82) is 0 Å². The molecule has 1 atom stereocenters. The van der Waals surface area contributed by atoms with Gasteiger partial charge in [-0.15, -0.1) is 0 Å². The van der Waals surface area contributed by atoms with Crippen LogP contribution in [-0.2, 0) is 24.2 Å². The van der Waals surface area contributed by atoms with Crippen molar-refractivity contribution in [3.05, 3.63) is 65.4 Å². The fourth-order valence-electron chi connectivity index (χ4n) is 4.24. The summed E-state index contributed by atoms with van der Waals surface area (Å²) in [6.07, 6.45) is 2.90. The summed E-state index contributed by atoms with van der Waals surface area (Å²) in [6.45, 7) is 7.58. The van der Waals surface area contributed by atoms with Crippen LogP contribution >= 0.6 is 0 Å². The van der Waals surface area contributed by atoms with Crippen LogP contribution in [0.1, 0.15) is 30.5 Å². The number of ether oxygens (including phenoxy) is 1. The molecule has 2 aromatic heterocycles. The molecule has 1 aliphatic heterocycles. The Morgan fingerprint density at radius 1 is 1.11 bits per heavy atom. The molecule has 0 saturated heterocycles. The molecule has 0 aliphatic carbocycles. The van der Waals surface area contributed by atoms with Crippen LogP contribution in [0.5, 0.6) is 5.75 Å². The highest BCUT2D eigenvalue weighted by Gasteiger charge is 2.18. The third-order valence-corrected chi connectivity index (χ3v) is 6.78. The number of likely N-dealkylation sites (N-methyl/N-ethyl adjacent to an activating group) is 1. The third-order valence-electron chi connectivity index (χ3n) is 6.12. The van der Waals surface area contributed by atoms with Gasteiger partial charge in [-0.2, -0.15) is 9.97 Å². The van der Waals surface area contributed by atoms with E-state index in [-0.39, 0.29) is 6.04 Å². The second-order valence-corrected chi connectivity index (χ2v) is 10.2. The molecule has 0 bridgehead atoms. The van der Waals surface area contributed by atoms with Gasteiger partial charge >= 0.3 is 0 Å². The first-order chi connectivity index (χ1) is 18.2. The smallest absolute Gasteiger partial charge is 0.231 e. The van der Waals surface area contributed by atoms with Crippen molar-refractivity contribution in [2.45, 2.75) is 39.8 Å². The van der Waals surface area contributed by atoms with Gasteiger partial charge < -0.3 is 29.8 Å². The van der Waals surface area contributed by atoms with E-state index in [0.29, 0.717) is 5.95 Å². The van der Waals surface area contributed by atoms with Gasteiger partial charge in [0.1, 0.15) is 17.2 Å². The molecule has 0 amide bonds. The molecule has 10 nitrogen and oxygen atoms in total. The summed E-state index contributed by atoms with van der Waals surface area (Å²) < 4.78 is 27.3. The molecule has 0 spiro atoms. The molecule has 38 heavy (non-hydrogen) atoms. The van der Waals surface area contributed by atoms with E-state index in [9.17, 15) is 8.76 Å². The third kappa shape index (κ3) is 6.87. The molecule has 0 saturated carbocycles. The molecule has 4 aromatic rings. The first-order valence-electron chi connectivity index (χ1n) is 12.4. The van der Waals surface area contributed by atoms with E-state index in [1.807, 2.05) is 30.5 Å². The number of hydrogen-bond acceptors (Lipinski definition) is 8. The number of rotatable bonds is 7. The number of nitrogens with zero attached hydrogens (tertiary/aromatic N) is 3. The second kappa shape index (κ2) is 12.4. The van der Waals surface area contributed by atoms with Crippen molar-refractivity contribution in [3.63, 3.8) is 0 Å². The quantitative estimate of drug-likeness (QED) is 0.254. The molecule has 0 radical (unpaired) electrons. The predicted molar refractivity (Wildman–Crippen MR) is 152 cm³/mol. The van der Waals surface area contributed by atoms with Crippen LogP contribution in [0.2, 0.25) is 0 Å². The first kappa shape index (κ1) is 27.5. The van der Waals surface area contributed by atoms with Gasteiger partial charge in [0.15, 0.2) is 0 Å². The highest BCUT2D eigenvalue weighted by atomic mass is 32.2. The van der Waals surface area contributed by atoms with Gasteiger partial charge in [-0.3, -0.25) is 4.21 Å². The number of nitrogens with one attached hydrogen (secondary N) is 4. The molecule has 3 heterocycles. The summed E-state index contributed by atoms with van der Waals surface area (Å²) >= 11 is -2.10. The van der Waals surface area contributed by atoms with Crippen LogP contribution < -0.4 is 20.1 Å². The van der Waals surface area contributed by atoms with Crippen LogP contribution in [0.3, 0.4) is 0 Å². The van der Waals surface area contributed by atoms with Gasteiger partial charge in [0.25, 0.3) is 0 Å². The summed E-state index contributed by atoms with van der Waals surface area (Å²) in [4.78, 5) is 15.0. The van der Waals surface area contributed by atoms with Gasteiger partial charge in [-0.1, -0.05) is 18.2 Å². The Balaban J connectivity index is 0.000000426. The number of aryl methyl sites for hydroxylation is 1. The van der Waals surface area contributed by atoms with Gasteiger partial charge in [0.05, 0.1) is 18.2 Å². The Morgan fingerprint density at radius 2 is 1.89 bits per heavy atom. The lowest BCUT2D eigenvalue weighted by Gasteiger charge is -2.26. The number of methoxy groups -OCH3 is 1. The number of anilines is 4. The summed E-state index contributed by atoms with van der Waals surface area (Å²) in [7, 11) is 3.84. The molecule has 2 aromatic carbocycles. The maximum Gasteiger partial charge on any atom is 0.231 e. The van der Waals surface area contributed by atoms with Crippen molar-refractivity contribution in [2.75, 3.05) is 31.3 Å². The lowest BCUT2D eigenvalue weighted by Crippen LogP contribution is -2.26. The van der Waals surface area contributed by atoms with E-state index in [4.69, 9.17) is 9.72 Å². The fraction of sp³-hybridized carbons (Fsp3) is 0.333. The zero-order valence-corrected chi connectivity index (χ0v) is 23.1. The zero-order valence-electron chi connectivity index (χ0n) is 22.3. The van der Waals surface area contributed by atoms with Crippen LogP contribution in [0.25, 0.3) is 11.0 Å². The van der Waals surface area contributed by atoms with E-state index in [2.05, 4.69) is 62.4 Å². The van der Waals surface area contributed by atoms with E-state index >= 15 is 0 Å². The van der Waals surface area contributed by atoms with Crippen molar-refractivity contribution in [2.24, 2.45) is 0 Å². The largest absolute Gasteiger partial charge is 0.760 e. The van der Waals surface area contributed by atoms with Crippen LogP contribution in [-0.4, -0.2) is 55.4 Å². The number of fused-ring (bicyclic) bond motifs is 2. The molecule has 11 heteroatoms. The van der Waals surface area contributed by atoms with E-state index in [1.54, 1.807) is 21.0 Å². The summed E-state index contributed by atoms with van der Waals surface area (Å²) in [5.41, 5.74) is 6.44. The number of aromatic amines is 1. The Bertz CT molecular complexity index is 1420. The molecule has 0 fully saturated rings. The van der Waals surface area contributed by atoms with Crippen LogP contribution in [0, 0.1) is 6.92 Å². The summed E-state index contributed by atoms with van der Waals surface area (Å²) in [6, 6.07) is 14.4. The molecule has 4 N–H and O–H groups in total. The number of benzene rings is 2. The molecular weight excluding hydrogens is 502 g/mol. The monoisotopic (exact) mass is 536 g/mol. The van der Waals surface area contributed by atoms with E-state index < -0.39 is 11.3 Å². The predicted octanol–water partition coefficient (Wildman–Crippen LogP) is 4.53. The minimum Gasteiger partial charge on any atom is -0.760 e. The van der Waals surface area contributed by atoms with E-state index in [0.717, 1.165) is 59.0 Å². The number of para-hydroxylation sites is 1.